The maximum Gasteiger partial charge on any atom is 0.314 e. The lowest BCUT2D eigenvalue weighted by atomic mass is 10.2. The molecule has 0 aliphatic rings. The van der Waals surface area contributed by atoms with E-state index in [4.69, 9.17) is 0 Å². The van der Waals surface area contributed by atoms with Gasteiger partial charge in [0.2, 0.25) is 10.0 Å². The molecule has 3 aromatic rings. The van der Waals surface area contributed by atoms with Crippen LogP contribution in [0.15, 0.2) is 63.0 Å². The molecule has 2 aromatic carbocycles. The van der Waals surface area contributed by atoms with Gasteiger partial charge in [0.15, 0.2) is 0 Å². The number of H-pyrrole nitrogens is 2. The van der Waals surface area contributed by atoms with Crippen LogP contribution < -0.4 is 15.8 Å². The molecule has 7 nitrogen and oxygen atoms in total. The van der Waals surface area contributed by atoms with Crippen molar-refractivity contribution in [2.45, 2.75) is 11.4 Å². The minimum absolute atomic E-state index is 0.00336. The van der Waals surface area contributed by atoms with Gasteiger partial charge in [-0.2, -0.15) is 0 Å². The fraction of sp³-hybridized carbons (Fsp3) is 0.0667. The standard InChI is InChI=1S/C15H13N3O4S/c19-14-15(20)18-13-8-11(6-7-12(13)17-14)23(21,22)16-9-10-4-2-1-3-5-10/h1-8,16H,9H2,(H,17,19)(H,18,20). The number of sulfonamides is 1. The van der Waals surface area contributed by atoms with Gasteiger partial charge < -0.3 is 9.97 Å². The van der Waals surface area contributed by atoms with Crippen LogP contribution in [0.1, 0.15) is 5.56 Å². The van der Waals surface area contributed by atoms with Crippen molar-refractivity contribution in [2.75, 3.05) is 0 Å². The van der Waals surface area contributed by atoms with Gasteiger partial charge in [0.1, 0.15) is 0 Å². The molecule has 8 heteroatoms. The van der Waals surface area contributed by atoms with Crippen molar-refractivity contribution in [2.24, 2.45) is 0 Å². The van der Waals surface area contributed by atoms with Crippen LogP contribution in [0.4, 0.5) is 0 Å². The Kier molecular flexibility index (Phi) is 3.85. The molecule has 0 bridgehead atoms. The minimum atomic E-state index is -3.74. The Bertz CT molecular complexity index is 1070. The minimum Gasteiger partial charge on any atom is -0.316 e. The first-order valence-electron chi connectivity index (χ1n) is 6.76. The van der Waals surface area contributed by atoms with Gasteiger partial charge in [0.25, 0.3) is 0 Å². The summed E-state index contributed by atoms with van der Waals surface area (Å²) >= 11 is 0. The van der Waals surface area contributed by atoms with Gasteiger partial charge in [-0.05, 0) is 23.8 Å². The normalized spacial score (nSPS) is 11.7. The van der Waals surface area contributed by atoms with Crippen molar-refractivity contribution in [3.8, 4) is 0 Å². The van der Waals surface area contributed by atoms with Crippen LogP contribution in [0.2, 0.25) is 0 Å². The second kappa shape index (κ2) is 5.82. The number of aromatic nitrogens is 2. The third-order valence-electron chi connectivity index (χ3n) is 3.31. The lowest BCUT2D eigenvalue weighted by Crippen LogP contribution is -2.29. The SMILES string of the molecule is O=c1[nH]c2ccc(S(=O)(=O)NCc3ccccc3)cc2[nH]c1=O. The van der Waals surface area contributed by atoms with Crippen LogP contribution in [0.3, 0.4) is 0 Å². The van der Waals surface area contributed by atoms with Gasteiger partial charge >= 0.3 is 11.1 Å². The van der Waals surface area contributed by atoms with Crippen molar-refractivity contribution < 1.29 is 8.42 Å². The predicted octanol–water partition coefficient (Wildman–Crippen LogP) is 0.695. The molecule has 0 atom stereocenters. The van der Waals surface area contributed by atoms with Crippen molar-refractivity contribution in [1.82, 2.24) is 14.7 Å². The molecule has 0 amide bonds. The molecule has 0 saturated heterocycles. The van der Waals surface area contributed by atoms with Crippen LogP contribution in [0.5, 0.6) is 0 Å². The molecule has 0 aliphatic heterocycles. The molecule has 0 fully saturated rings. The molecule has 0 spiro atoms. The van der Waals surface area contributed by atoms with E-state index in [0.29, 0.717) is 5.52 Å². The van der Waals surface area contributed by atoms with Crippen molar-refractivity contribution in [3.63, 3.8) is 0 Å². The summed E-state index contributed by atoms with van der Waals surface area (Å²) in [5, 5.41) is 0. The van der Waals surface area contributed by atoms with E-state index in [1.54, 1.807) is 0 Å². The maximum atomic E-state index is 12.3. The summed E-state index contributed by atoms with van der Waals surface area (Å²) in [4.78, 5) is 27.3. The molecule has 0 radical (unpaired) electrons. The largest absolute Gasteiger partial charge is 0.316 e. The second-order valence-corrected chi connectivity index (χ2v) is 6.69. The number of rotatable bonds is 4. The summed E-state index contributed by atoms with van der Waals surface area (Å²) in [5.74, 6) is 0. The number of hydrogen-bond donors (Lipinski definition) is 3. The topological polar surface area (TPSA) is 112 Å². The van der Waals surface area contributed by atoms with Gasteiger partial charge in [-0.15, -0.1) is 0 Å². The third-order valence-corrected chi connectivity index (χ3v) is 4.71. The number of benzene rings is 2. The van der Waals surface area contributed by atoms with E-state index in [0.717, 1.165) is 5.56 Å². The number of hydrogen-bond acceptors (Lipinski definition) is 4. The van der Waals surface area contributed by atoms with E-state index in [2.05, 4.69) is 14.7 Å². The van der Waals surface area contributed by atoms with Gasteiger partial charge in [0.05, 0.1) is 15.9 Å². The molecule has 118 valence electrons. The average Bonchev–Trinajstić information content (AvgIpc) is 2.55. The van der Waals surface area contributed by atoms with E-state index in [9.17, 15) is 18.0 Å². The first-order chi connectivity index (χ1) is 11.0. The van der Waals surface area contributed by atoms with E-state index < -0.39 is 21.1 Å². The van der Waals surface area contributed by atoms with Crippen LogP contribution >= 0.6 is 0 Å². The summed E-state index contributed by atoms with van der Waals surface area (Å²) in [7, 11) is -3.74. The molecule has 23 heavy (non-hydrogen) atoms. The van der Waals surface area contributed by atoms with E-state index in [1.807, 2.05) is 30.3 Å². The first-order valence-corrected chi connectivity index (χ1v) is 8.24. The number of aromatic amines is 2. The number of fused-ring (bicyclic) bond motifs is 1. The van der Waals surface area contributed by atoms with Crippen LogP contribution in [0, 0.1) is 0 Å². The highest BCUT2D eigenvalue weighted by atomic mass is 32.2. The van der Waals surface area contributed by atoms with E-state index >= 15 is 0 Å². The van der Waals surface area contributed by atoms with Crippen LogP contribution in [0.25, 0.3) is 11.0 Å². The third kappa shape index (κ3) is 3.22. The maximum absolute atomic E-state index is 12.3. The van der Waals surface area contributed by atoms with Crippen LogP contribution in [-0.2, 0) is 16.6 Å². The molecule has 1 heterocycles. The number of nitrogens with one attached hydrogen (secondary N) is 3. The summed E-state index contributed by atoms with van der Waals surface area (Å²) in [6.07, 6.45) is 0. The van der Waals surface area contributed by atoms with E-state index in [-0.39, 0.29) is 17.0 Å². The van der Waals surface area contributed by atoms with Crippen molar-refractivity contribution >= 4 is 21.1 Å². The summed E-state index contributed by atoms with van der Waals surface area (Å²) < 4.78 is 27.1. The molecular formula is C15H13N3O4S. The second-order valence-electron chi connectivity index (χ2n) is 4.93. The Morgan fingerprint density at radius 1 is 0.870 bits per heavy atom. The Balaban J connectivity index is 1.93. The highest BCUT2D eigenvalue weighted by Crippen LogP contribution is 2.14. The van der Waals surface area contributed by atoms with Gasteiger partial charge in [0, 0.05) is 6.54 Å². The van der Waals surface area contributed by atoms with Gasteiger partial charge in [-0.25, -0.2) is 13.1 Å². The van der Waals surface area contributed by atoms with E-state index in [1.165, 1.54) is 18.2 Å². The summed E-state index contributed by atoms with van der Waals surface area (Å²) in [5.41, 5.74) is -0.178. The quantitative estimate of drug-likeness (QED) is 0.611. The lowest BCUT2D eigenvalue weighted by Gasteiger charge is -2.07. The summed E-state index contributed by atoms with van der Waals surface area (Å²) in [6.45, 7) is 0.156. The zero-order chi connectivity index (χ0) is 16.4. The first kappa shape index (κ1) is 15.2. The predicted molar refractivity (Wildman–Crippen MR) is 85.7 cm³/mol. The highest BCUT2D eigenvalue weighted by molar-refractivity contribution is 7.89. The highest BCUT2D eigenvalue weighted by Gasteiger charge is 2.14. The molecule has 3 N–H and O–H groups in total. The molecule has 0 aliphatic carbocycles. The van der Waals surface area contributed by atoms with Gasteiger partial charge in [-0.3, -0.25) is 9.59 Å². The summed E-state index contributed by atoms with van der Waals surface area (Å²) in [6, 6.07) is 13.2. The monoisotopic (exact) mass is 331 g/mol. The molecule has 0 saturated carbocycles. The Labute approximate surface area is 131 Å². The van der Waals surface area contributed by atoms with Crippen molar-refractivity contribution in [1.29, 1.82) is 0 Å². The fourth-order valence-electron chi connectivity index (χ4n) is 2.12. The molecule has 1 aromatic heterocycles. The Hall–Kier alpha value is -2.71. The van der Waals surface area contributed by atoms with Crippen molar-refractivity contribution in [3.05, 3.63) is 74.8 Å². The zero-order valence-electron chi connectivity index (χ0n) is 11.9. The van der Waals surface area contributed by atoms with Gasteiger partial charge in [-0.1, -0.05) is 30.3 Å². The molecular weight excluding hydrogens is 318 g/mol. The fourth-order valence-corrected chi connectivity index (χ4v) is 3.16. The molecule has 3 rings (SSSR count). The lowest BCUT2D eigenvalue weighted by molar-refractivity contribution is 0.581. The Morgan fingerprint density at radius 3 is 2.22 bits per heavy atom. The van der Waals surface area contributed by atoms with Crippen LogP contribution in [-0.4, -0.2) is 18.4 Å². The zero-order valence-corrected chi connectivity index (χ0v) is 12.7. The smallest absolute Gasteiger partial charge is 0.314 e. The Morgan fingerprint density at radius 2 is 1.52 bits per heavy atom. The average molecular weight is 331 g/mol. The molecule has 0 unspecified atom stereocenters.